The van der Waals surface area contributed by atoms with Crippen molar-refractivity contribution in [2.45, 2.75) is 20.0 Å². The summed E-state index contributed by atoms with van der Waals surface area (Å²) in [4.78, 5) is 31.8. The van der Waals surface area contributed by atoms with E-state index in [1.54, 1.807) is 25.2 Å². The Labute approximate surface area is 160 Å². The highest BCUT2D eigenvalue weighted by Crippen LogP contribution is 2.28. The number of fused-ring (bicyclic) bond motifs is 1. The zero-order chi connectivity index (χ0) is 19.4. The second-order valence-corrected chi connectivity index (χ2v) is 6.81. The molecule has 0 atom stereocenters. The number of aromatic nitrogens is 2. The third kappa shape index (κ3) is 3.95. The summed E-state index contributed by atoms with van der Waals surface area (Å²) < 4.78 is 11.9. The summed E-state index contributed by atoms with van der Waals surface area (Å²) in [6.07, 6.45) is 1.43. The van der Waals surface area contributed by atoms with Crippen LogP contribution in [0.25, 0.3) is 10.2 Å². The lowest BCUT2D eigenvalue weighted by atomic mass is 10.2. The minimum absolute atomic E-state index is 0.0429. The molecule has 0 unspecified atom stereocenters. The number of benzene rings is 1. The molecule has 7 nitrogen and oxygen atoms in total. The monoisotopic (exact) mass is 387 g/mol. The molecule has 0 aliphatic rings. The first-order valence-electron chi connectivity index (χ1n) is 8.48. The van der Waals surface area contributed by atoms with Crippen molar-refractivity contribution in [3.8, 4) is 11.5 Å². The van der Waals surface area contributed by atoms with Gasteiger partial charge in [0.2, 0.25) is 5.91 Å². The third-order valence-electron chi connectivity index (χ3n) is 4.31. The van der Waals surface area contributed by atoms with Crippen molar-refractivity contribution in [3.63, 3.8) is 0 Å². The van der Waals surface area contributed by atoms with Gasteiger partial charge in [-0.2, -0.15) is 0 Å². The van der Waals surface area contributed by atoms with Gasteiger partial charge in [-0.3, -0.25) is 14.2 Å². The van der Waals surface area contributed by atoms with Crippen LogP contribution in [0.1, 0.15) is 12.5 Å². The van der Waals surface area contributed by atoms with Crippen molar-refractivity contribution in [2.24, 2.45) is 0 Å². The van der Waals surface area contributed by atoms with Gasteiger partial charge in [-0.1, -0.05) is 6.07 Å². The first kappa shape index (κ1) is 18.9. The van der Waals surface area contributed by atoms with E-state index in [0.717, 1.165) is 5.56 Å². The Bertz CT molecular complexity index is 1010. The fourth-order valence-corrected chi connectivity index (χ4v) is 3.55. The summed E-state index contributed by atoms with van der Waals surface area (Å²) in [5.74, 6) is 1.10. The predicted molar refractivity (Wildman–Crippen MR) is 105 cm³/mol. The van der Waals surface area contributed by atoms with Crippen molar-refractivity contribution < 1.29 is 14.3 Å². The summed E-state index contributed by atoms with van der Waals surface area (Å²) in [5, 5.41) is 2.36. The van der Waals surface area contributed by atoms with Crippen LogP contribution in [0.4, 0.5) is 0 Å². The number of carbonyl (C=O) groups is 1. The van der Waals surface area contributed by atoms with Crippen LogP contribution in [0.3, 0.4) is 0 Å². The number of hydrogen-bond donors (Lipinski definition) is 0. The Kier molecular flexibility index (Phi) is 5.75. The van der Waals surface area contributed by atoms with Crippen LogP contribution in [0.5, 0.6) is 11.5 Å². The molecule has 0 radical (unpaired) electrons. The zero-order valence-corrected chi connectivity index (χ0v) is 16.3. The summed E-state index contributed by atoms with van der Waals surface area (Å²) in [5.41, 5.74) is 0.721. The van der Waals surface area contributed by atoms with Gasteiger partial charge < -0.3 is 14.4 Å². The van der Waals surface area contributed by atoms with Gasteiger partial charge in [0.15, 0.2) is 11.5 Å². The predicted octanol–water partition coefficient (Wildman–Crippen LogP) is 2.52. The number of methoxy groups -OCH3 is 2. The average Bonchev–Trinajstić information content (AvgIpc) is 3.17. The highest BCUT2D eigenvalue weighted by Gasteiger charge is 2.16. The van der Waals surface area contributed by atoms with E-state index in [0.29, 0.717) is 34.8 Å². The molecule has 0 spiro atoms. The van der Waals surface area contributed by atoms with Crippen LogP contribution in [0, 0.1) is 0 Å². The molecular weight excluding hydrogens is 366 g/mol. The van der Waals surface area contributed by atoms with Crippen LogP contribution in [0.15, 0.2) is 40.8 Å². The molecule has 8 heteroatoms. The molecule has 0 aliphatic carbocycles. The Hall–Kier alpha value is -2.87. The van der Waals surface area contributed by atoms with Crippen molar-refractivity contribution in [1.82, 2.24) is 14.5 Å². The van der Waals surface area contributed by atoms with Gasteiger partial charge in [0.25, 0.3) is 5.56 Å². The van der Waals surface area contributed by atoms with E-state index < -0.39 is 0 Å². The van der Waals surface area contributed by atoms with Gasteiger partial charge in [0, 0.05) is 13.1 Å². The smallest absolute Gasteiger partial charge is 0.262 e. The molecule has 2 aromatic heterocycles. The molecule has 27 heavy (non-hydrogen) atoms. The summed E-state index contributed by atoms with van der Waals surface area (Å²) in [6.45, 7) is 2.80. The topological polar surface area (TPSA) is 73.7 Å². The number of nitrogens with zero attached hydrogens (tertiary/aromatic N) is 3. The number of carbonyl (C=O) groups excluding carboxylic acids is 1. The van der Waals surface area contributed by atoms with E-state index in [1.165, 1.54) is 22.2 Å². The number of amides is 1. The van der Waals surface area contributed by atoms with Crippen molar-refractivity contribution in [2.75, 3.05) is 20.8 Å². The lowest BCUT2D eigenvalue weighted by molar-refractivity contribution is -0.132. The molecule has 1 amide bonds. The first-order valence-corrected chi connectivity index (χ1v) is 9.36. The average molecular weight is 387 g/mol. The van der Waals surface area contributed by atoms with E-state index in [4.69, 9.17) is 9.47 Å². The van der Waals surface area contributed by atoms with Gasteiger partial charge in [-0.05, 0) is 36.1 Å². The zero-order valence-electron chi connectivity index (χ0n) is 15.5. The van der Waals surface area contributed by atoms with E-state index in [-0.39, 0.29) is 18.0 Å². The number of hydrogen-bond acceptors (Lipinski definition) is 6. The molecule has 3 rings (SSSR count). The lowest BCUT2D eigenvalue weighted by Gasteiger charge is -2.22. The summed E-state index contributed by atoms with van der Waals surface area (Å²) in [6, 6.07) is 7.28. The molecule has 0 saturated carbocycles. The molecule has 0 N–H and O–H groups in total. The minimum atomic E-state index is -0.197. The molecule has 2 heterocycles. The van der Waals surface area contributed by atoms with Crippen LogP contribution in [-0.4, -0.2) is 41.1 Å². The fourth-order valence-electron chi connectivity index (χ4n) is 2.83. The fraction of sp³-hybridized carbons (Fsp3) is 0.316. The standard InChI is InChI=1S/C19H21N3O4S/c1-4-21(10-13-5-6-15(25-2)16(9-13)26-3)17(23)11-22-12-20-18-14(19(22)24)7-8-27-18/h5-9,12H,4,10-11H2,1-3H3. The lowest BCUT2D eigenvalue weighted by Crippen LogP contribution is -2.36. The molecule has 0 saturated heterocycles. The quantitative estimate of drug-likeness (QED) is 0.623. The van der Waals surface area contributed by atoms with Crippen LogP contribution in [0.2, 0.25) is 0 Å². The van der Waals surface area contributed by atoms with Crippen molar-refractivity contribution >= 4 is 27.5 Å². The Balaban J connectivity index is 1.77. The first-order chi connectivity index (χ1) is 13.1. The van der Waals surface area contributed by atoms with Gasteiger partial charge >= 0.3 is 0 Å². The minimum Gasteiger partial charge on any atom is -0.493 e. The Morgan fingerprint density at radius 3 is 2.70 bits per heavy atom. The normalized spacial score (nSPS) is 10.8. The summed E-state index contributed by atoms with van der Waals surface area (Å²) in [7, 11) is 3.15. The van der Waals surface area contributed by atoms with Crippen molar-refractivity contribution in [1.29, 1.82) is 0 Å². The number of likely N-dealkylation sites (N-methyl/N-ethyl adjacent to an activating group) is 1. The van der Waals surface area contributed by atoms with Crippen molar-refractivity contribution in [3.05, 3.63) is 51.9 Å². The number of ether oxygens (including phenoxy) is 2. The second kappa shape index (κ2) is 8.22. The molecular formula is C19H21N3O4S. The maximum absolute atomic E-state index is 12.7. The molecule has 0 fully saturated rings. The van der Waals surface area contributed by atoms with E-state index >= 15 is 0 Å². The molecule has 0 aliphatic heterocycles. The van der Waals surface area contributed by atoms with Gasteiger partial charge in [0.1, 0.15) is 11.4 Å². The number of thiophene rings is 1. The second-order valence-electron chi connectivity index (χ2n) is 5.91. The maximum Gasteiger partial charge on any atom is 0.262 e. The third-order valence-corrected chi connectivity index (χ3v) is 5.13. The molecule has 142 valence electrons. The van der Waals surface area contributed by atoms with Gasteiger partial charge in [-0.15, -0.1) is 11.3 Å². The van der Waals surface area contributed by atoms with Crippen LogP contribution < -0.4 is 15.0 Å². The summed E-state index contributed by atoms with van der Waals surface area (Å²) >= 11 is 1.41. The van der Waals surface area contributed by atoms with Gasteiger partial charge in [0.05, 0.1) is 25.9 Å². The Morgan fingerprint density at radius 2 is 2.00 bits per heavy atom. The van der Waals surface area contributed by atoms with E-state index in [2.05, 4.69) is 4.98 Å². The van der Waals surface area contributed by atoms with Crippen LogP contribution in [-0.2, 0) is 17.9 Å². The molecule has 0 bridgehead atoms. The maximum atomic E-state index is 12.7. The SMILES string of the molecule is CCN(Cc1ccc(OC)c(OC)c1)C(=O)Cn1cnc2sccc2c1=O. The molecule has 1 aromatic carbocycles. The van der Waals surface area contributed by atoms with Crippen LogP contribution >= 0.6 is 11.3 Å². The highest BCUT2D eigenvalue weighted by molar-refractivity contribution is 7.16. The number of rotatable bonds is 7. The largest absolute Gasteiger partial charge is 0.493 e. The van der Waals surface area contributed by atoms with E-state index in [9.17, 15) is 9.59 Å². The molecule has 3 aromatic rings. The van der Waals surface area contributed by atoms with Gasteiger partial charge in [-0.25, -0.2) is 4.98 Å². The highest BCUT2D eigenvalue weighted by atomic mass is 32.1. The van der Waals surface area contributed by atoms with E-state index in [1.807, 2.05) is 30.5 Å². The Morgan fingerprint density at radius 1 is 1.22 bits per heavy atom.